The molecule has 1 N–H and O–H groups in total. The summed E-state index contributed by atoms with van der Waals surface area (Å²) in [5.41, 5.74) is 0.491. The van der Waals surface area contributed by atoms with Gasteiger partial charge in [-0.2, -0.15) is 16.6 Å². The Hall–Kier alpha value is -0.620. The van der Waals surface area contributed by atoms with E-state index in [4.69, 9.17) is 0 Å². The van der Waals surface area contributed by atoms with Crippen LogP contribution in [0.5, 0.6) is 0 Å². The zero-order valence-electron chi connectivity index (χ0n) is 13.3. The molecule has 0 unspecified atom stereocenters. The SMILES string of the molecule is Cc1nnn(C23C[C@H]4C[C@@H](CC(N[C@@H]5CCSC5)(C4)C2)C3)n1. The van der Waals surface area contributed by atoms with Gasteiger partial charge in [-0.15, -0.1) is 10.2 Å². The molecule has 4 saturated carbocycles. The molecule has 5 nitrogen and oxygen atoms in total. The first-order valence-electron chi connectivity index (χ1n) is 8.77. The van der Waals surface area contributed by atoms with Crippen molar-refractivity contribution < 1.29 is 0 Å². The van der Waals surface area contributed by atoms with Gasteiger partial charge in [-0.3, -0.25) is 0 Å². The molecular formula is C16H25N5S. The van der Waals surface area contributed by atoms with E-state index in [1.807, 2.05) is 11.7 Å². The maximum Gasteiger partial charge on any atom is 0.171 e. The van der Waals surface area contributed by atoms with Gasteiger partial charge in [0, 0.05) is 17.3 Å². The van der Waals surface area contributed by atoms with Crippen LogP contribution in [0.1, 0.15) is 50.8 Å². The van der Waals surface area contributed by atoms with Crippen LogP contribution in [0, 0.1) is 18.8 Å². The minimum Gasteiger partial charge on any atom is -0.308 e. The zero-order valence-corrected chi connectivity index (χ0v) is 14.1. The highest BCUT2D eigenvalue weighted by Crippen LogP contribution is 2.60. The van der Waals surface area contributed by atoms with Crippen molar-refractivity contribution in [3.8, 4) is 0 Å². The minimum absolute atomic E-state index is 0.143. The van der Waals surface area contributed by atoms with Crippen LogP contribution in [0.25, 0.3) is 0 Å². The first kappa shape index (κ1) is 13.8. The molecule has 1 aromatic heterocycles. The summed E-state index contributed by atoms with van der Waals surface area (Å²) in [6.45, 7) is 1.95. The van der Waals surface area contributed by atoms with Gasteiger partial charge in [-0.05, 0) is 74.7 Å². The second-order valence-electron chi connectivity index (χ2n) is 8.30. The lowest BCUT2D eigenvalue weighted by Crippen LogP contribution is -2.66. The molecule has 120 valence electrons. The average molecular weight is 319 g/mol. The number of tetrazole rings is 1. The lowest BCUT2D eigenvalue weighted by atomic mass is 9.50. The fraction of sp³-hybridized carbons (Fsp3) is 0.938. The van der Waals surface area contributed by atoms with Gasteiger partial charge in [0.05, 0.1) is 5.54 Å². The summed E-state index contributed by atoms with van der Waals surface area (Å²) in [6.07, 6.45) is 9.27. The van der Waals surface area contributed by atoms with Crippen molar-refractivity contribution in [2.24, 2.45) is 11.8 Å². The van der Waals surface area contributed by atoms with Gasteiger partial charge >= 0.3 is 0 Å². The summed E-state index contributed by atoms with van der Waals surface area (Å²) >= 11 is 2.11. The molecule has 0 aromatic carbocycles. The number of thioether (sulfide) groups is 1. The first-order valence-corrected chi connectivity index (χ1v) is 9.93. The monoisotopic (exact) mass is 319 g/mol. The highest BCUT2D eigenvalue weighted by atomic mass is 32.2. The topological polar surface area (TPSA) is 55.6 Å². The van der Waals surface area contributed by atoms with Gasteiger partial charge in [0.25, 0.3) is 0 Å². The summed E-state index contributed by atoms with van der Waals surface area (Å²) < 4.78 is 0. The molecule has 0 amide bonds. The number of nitrogens with zero attached hydrogens (tertiary/aromatic N) is 4. The van der Waals surface area contributed by atoms with Crippen LogP contribution in [0.3, 0.4) is 0 Å². The maximum absolute atomic E-state index is 4.63. The quantitative estimate of drug-likeness (QED) is 0.925. The molecule has 1 aromatic rings. The molecule has 6 rings (SSSR count). The Morgan fingerprint density at radius 1 is 1.23 bits per heavy atom. The van der Waals surface area contributed by atoms with E-state index in [1.165, 1.54) is 56.5 Å². The van der Waals surface area contributed by atoms with Crippen LogP contribution in [0.4, 0.5) is 0 Å². The van der Waals surface area contributed by atoms with E-state index in [0.717, 1.165) is 23.7 Å². The van der Waals surface area contributed by atoms with Crippen LogP contribution < -0.4 is 5.32 Å². The highest BCUT2D eigenvalue weighted by molar-refractivity contribution is 7.99. The maximum atomic E-state index is 4.63. The first-order chi connectivity index (χ1) is 10.6. The van der Waals surface area contributed by atoms with Crippen molar-refractivity contribution in [3.63, 3.8) is 0 Å². The summed E-state index contributed by atoms with van der Waals surface area (Å²) in [5, 5.41) is 17.3. The van der Waals surface area contributed by atoms with Crippen LogP contribution >= 0.6 is 11.8 Å². The third-order valence-corrected chi connectivity index (χ3v) is 7.57. The third kappa shape index (κ3) is 2.06. The van der Waals surface area contributed by atoms with E-state index in [0.29, 0.717) is 5.54 Å². The average Bonchev–Trinajstić information content (AvgIpc) is 3.08. The Labute approximate surface area is 136 Å². The van der Waals surface area contributed by atoms with Gasteiger partial charge in [0.15, 0.2) is 5.82 Å². The fourth-order valence-corrected chi connectivity index (χ4v) is 7.34. The van der Waals surface area contributed by atoms with Crippen LogP contribution in [0.15, 0.2) is 0 Å². The zero-order chi connectivity index (χ0) is 14.8. The van der Waals surface area contributed by atoms with Crippen molar-refractivity contribution in [2.45, 2.75) is 69.0 Å². The molecule has 5 fully saturated rings. The smallest absolute Gasteiger partial charge is 0.171 e. The lowest BCUT2D eigenvalue weighted by Gasteiger charge is -2.62. The van der Waals surface area contributed by atoms with Crippen LogP contribution in [-0.4, -0.2) is 43.3 Å². The van der Waals surface area contributed by atoms with Gasteiger partial charge in [-0.1, -0.05) is 0 Å². The van der Waals surface area contributed by atoms with E-state index in [2.05, 4.69) is 32.5 Å². The van der Waals surface area contributed by atoms with E-state index in [-0.39, 0.29) is 5.54 Å². The van der Waals surface area contributed by atoms with E-state index in [9.17, 15) is 0 Å². The van der Waals surface area contributed by atoms with E-state index >= 15 is 0 Å². The normalized spacial score (nSPS) is 46.5. The van der Waals surface area contributed by atoms with Crippen LogP contribution in [-0.2, 0) is 5.54 Å². The lowest BCUT2D eigenvalue weighted by molar-refractivity contribution is -0.0874. The summed E-state index contributed by atoms with van der Waals surface area (Å²) in [6, 6.07) is 0.726. The highest BCUT2D eigenvalue weighted by Gasteiger charge is 2.60. The van der Waals surface area contributed by atoms with Crippen molar-refractivity contribution in [3.05, 3.63) is 5.82 Å². The van der Waals surface area contributed by atoms with E-state index in [1.54, 1.807) is 0 Å². The standard InChI is InChI=1S/C16H25N5S/c1-11-18-20-21(19-11)16-7-12-4-13(8-16)6-15(5-12,10-16)17-14-2-3-22-9-14/h12-14,17H,2-10H2,1H3/t12-,13-,14+,15?,16?/m0/s1. The summed E-state index contributed by atoms with van der Waals surface area (Å²) in [7, 11) is 0. The Bertz CT molecular complexity index is 565. The molecule has 2 heterocycles. The Morgan fingerprint density at radius 3 is 2.68 bits per heavy atom. The molecule has 6 heteroatoms. The number of aromatic nitrogens is 4. The van der Waals surface area contributed by atoms with Crippen molar-refractivity contribution in [1.29, 1.82) is 0 Å². The minimum atomic E-state index is 0.143. The molecule has 3 atom stereocenters. The van der Waals surface area contributed by atoms with Gasteiger partial charge in [-0.25, -0.2) is 0 Å². The third-order valence-electron chi connectivity index (χ3n) is 6.41. The number of hydrogen-bond donors (Lipinski definition) is 1. The van der Waals surface area contributed by atoms with Crippen molar-refractivity contribution in [2.75, 3.05) is 11.5 Å². The molecule has 5 aliphatic rings. The van der Waals surface area contributed by atoms with Gasteiger partial charge in [0.2, 0.25) is 0 Å². The molecule has 4 aliphatic carbocycles. The summed E-state index contributed by atoms with van der Waals surface area (Å²) in [4.78, 5) is 2.00. The van der Waals surface area contributed by atoms with Crippen molar-refractivity contribution >= 4 is 11.8 Å². The predicted octanol–water partition coefficient (Wildman–Crippen LogP) is 2.12. The summed E-state index contributed by atoms with van der Waals surface area (Å²) in [5.74, 6) is 5.15. The Morgan fingerprint density at radius 2 is 2.05 bits per heavy atom. The number of hydrogen-bond acceptors (Lipinski definition) is 5. The molecule has 1 saturated heterocycles. The molecule has 22 heavy (non-hydrogen) atoms. The van der Waals surface area contributed by atoms with Gasteiger partial charge < -0.3 is 5.32 Å². The number of rotatable bonds is 3. The number of nitrogens with one attached hydrogen (secondary N) is 1. The fourth-order valence-electron chi connectivity index (χ4n) is 6.18. The second-order valence-corrected chi connectivity index (χ2v) is 9.45. The van der Waals surface area contributed by atoms with Crippen molar-refractivity contribution in [1.82, 2.24) is 25.5 Å². The van der Waals surface area contributed by atoms with Crippen LogP contribution in [0.2, 0.25) is 0 Å². The molecular weight excluding hydrogens is 294 g/mol. The molecule has 4 bridgehead atoms. The number of aryl methyl sites for hydroxylation is 1. The largest absolute Gasteiger partial charge is 0.308 e. The second kappa shape index (κ2) is 4.69. The Kier molecular flexibility index (Phi) is 2.94. The predicted molar refractivity (Wildman–Crippen MR) is 86.8 cm³/mol. The molecule has 1 aliphatic heterocycles. The van der Waals surface area contributed by atoms with E-state index < -0.39 is 0 Å². The van der Waals surface area contributed by atoms with Gasteiger partial charge in [0.1, 0.15) is 0 Å². The Balaban J connectivity index is 1.48. The molecule has 0 radical (unpaired) electrons. The molecule has 0 spiro atoms.